The van der Waals surface area contributed by atoms with E-state index in [1.165, 1.54) is 0 Å². The summed E-state index contributed by atoms with van der Waals surface area (Å²) in [5, 5.41) is 0.483. The first-order valence-electron chi connectivity index (χ1n) is 8.17. The summed E-state index contributed by atoms with van der Waals surface area (Å²) in [5.74, 6) is 4.20. The molecule has 0 atom stereocenters. The Morgan fingerprint density at radius 1 is 1.23 bits per heavy atom. The molecule has 1 heterocycles. The SMILES string of the molecule is NN(C(=O)CC1CC1)c1nccc(OCc2ccccc2)c1C(F)(F)F. The predicted octanol–water partition coefficient (Wildman–Crippen LogP) is 3.69. The molecule has 0 spiro atoms. The van der Waals surface area contributed by atoms with Crippen molar-refractivity contribution in [3.8, 4) is 5.75 Å². The zero-order valence-electron chi connectivity index (χ0n) is 13.9. The van der Waals surface area contributed by atoms with Crippen LogP contribution in [0.5, 0.6) is 5.75 Å². The van der Waals surface area contributed by atoms with Crippen molar-refractivity contribution >= 4 is 11.7 Å². The normalized spacial score (nSPS) is 14.2. The molecule has 1 aromatic heterocycles. The van der Waals surface area contributed by atoms with Gasteiger partial charge in [-0.3, -0.25) is 4.79 Å². The molecule has 0 saturated heterocycles. The molecule has 1 aliphatic rings. The molecule has 5 nitrogen and oxygen atoms in total. The first-order valence-corrected chi connectivity index (χ1v) is 8.17. The van der Waals surface area contributed by atoms with Gasteiger partial charge in [-0.1, -0.05) is 30.3 Å². The number of carbonyl (C=O) groups excluding carboxylic acids is 1. The number of amides is 1. The molecule has 0 unspecified atom stereocenters. The minimum absolute atomic E-state index is 0.0477. The zero-order valence-corrected chi connectivity index (χ0v) is 13.9. The van der Waals surface area contributed by atoms with Gasteiger partial charge in [0, 0.05) is 12.6 Å². The molecule has 2 N–H and O–H groups in total. The second-order valence-corrected chi connectivity index (χ2v) is 6.19. The minimum Gasteiger partial charge on any atom is -0.488 e. The lowest BCUT2D eigenvalue weighted by Gasteiger charge is -2.22. The van der Waals surface area contributed by atoms with Gasteiger partial charge in [0.25, 0.3) is 0 Å². The van der Waals surface area contributed by atoms with E-state index in [-0.39, 0.29) is 18.9 Å². The summed E-state index contributed by atoms with van der Waals surface area (Å²) in [5.41, 5.74) is -0.434. The Kier molecular flexibility index (Phi) is 5.13. The van der Waals surface area contributed by atoms with Crippen molar-refractivity contribution in [2.75, 3.05) is 5.01 Å². The highest BCUT2D eigenvalue weighted by atomic mass is 19.4. The van der Waals surface area contributed by atoms with Gasteiger partial charge < -0.3 is 4.74 Å². The van der Waals surface area contributed by atoms with Crippen molar-refractivity contribution in [2.45, 2.75) is 32.0 Å². The van der Waals surface area contributed by atoms with Crippen molar-refractivity contribution in [1.29, 1.82) is 0 Å². The number of alkyl halides is 3. The van der Waals surface area contributed by atoms with Crippen LogP contribution in [0.4, 0.5) is 19.0 Å². The first-order chi connectivity index (χ1) is 12.4. The van der Waals surface area contributed by atoms with Crippen molar-refractivity contribution < 1.29 is 22.7 Å². The topological polar surface area (TPSA) is 68.5 Å². The average Bonchev–Trinajstić information content (AvgIpc) is 3.43. The van der Waals surface area contributed by atoms with E-state index in [2.05, 4.69) is 4.98 Å². The number of nitrogens with two attached hydrogens (primary N) is 1. The maximum absolute atomic E-state index is 13.6. The number of aromatic nitrogens is 1. The Morgan fingerprint density at radius 3 is 2.54 bits per heavy atom. The highest BCUT2D eigenvalue weighted by Crippen LogP contribution is 2.42. The van der Waals surface area contributed by atoms with Crippen LogP contribution in [0.25, 0.3) is 0 Å². The zero-order chi connectivity index (χ0) is 18.7. The smallest absolute Gasteiger partial charge is 0.423 e. The molecule has 1 amide bonds. The van der Waals surface area contributed by atoms with Gasteiger partial charge in [0.15, 0.2) is 5.82 Å². The lowest BCUT2D eigenvalue weighted by molar-refractivity contribution is -0.138. The van der Waals surface area contributed by atoms with Gasteiger partial charge in [0.1, 0.15) is 17.9 Å². The third-order valence-corrected chi connectivity index (χ3v) is 4.07. The molecule has 0 bridgehead atoms. The number of benzene rings is 1. The van der Waals surface area contributed by atoms with E-state index in [9.17, 15) is 18.0 Å². The third kappa shape index (κ3) is 4.32. The largest absolute Gasteiger partial charge is 0.488 e. The van der Waals surface area contributed by atoms with Gasteiger partial charge in [-0.25, -0.2) is 15.8 Å². The van der Waals surface area contributed by atoms with Crippen molar-refractivity contribution in [1.82, 2.24) is 4.98 Å². The molecule has 1 saturated carbocycles. The minimum atomic E-state index is -4.77. The highest BCUT2D eigenvalue weighted by Gasteiger charge is 2.41. The van der Waals surface area contributed by atoms with E-state index >= 15 is 0 Å². The van der Waals surface area contributed by atoms with Crippen LogP contribution < -0.4 is 15.6 Å². The lowest BCUT2D eigenvalue weighted by Crippen LogP contribution is -2.39. The molecular weight excluding hydrogens is 347 g/mol. The fraction of sp³-hybridized carbons (Fsp3) is 0.333. The van der Waals surface area contributed by atoms with Crippen molar-refractivity contribution in [3.63, 3.8) is 0 Å². The summed E-state index contributed by atoms with van der Waals surface area (Å²) in [6.07, 6.45) is -1.73. The molecule has 0 aliphatic heterocycles. The number of pyridine rings is 1. The molecular formula is C18H18F3N3O2. The maximum Gasteiger partial charge on any atom is 0.423 e. The number of nitrogens with zero attached hydrogens (tertiary/aromatic N) is 2. The molecule has 3 rings (SSSR count). The second-order valence-electron chi connectivity index (χ2n) is 6.19. The molecule has 8 heteroatoms. The summed E-state index contributed by atoms with van der Waals surface area (Å²) in [6, 6.07) is 9.92. The Bertz CT molecular complexity index is 777. The average molecular weight is 365 g/mol. The summed E-state index contributed by atoms with van der Waals surface area (Å²) < 4.78 is 46.2. The summed E-state index contributed by atoms with van der Waals surface area (Å²) in [4.78, 5) is 15.8. The molecule has 1 aliphatic carbocycles. The quantitative estimate of drug-likeness (QED) is 0.482. The fourth-order valence-corrected chi connectivity index (χ4v) is 2.52. The molecule has 26 heavy (non-hydrogen) atoms. The van der Waals surface area contributed by atoms with Crippen LogP contribution in [0.15, 0.2) is 42.6 Å². The van der Waals surface area contributed by atoms with Crippen LogP contribution in [0, 0.1) is 5.92 Å². The number of halogens is 3. The van der Waals surface area contributed by atoms with Gasteiger partial charge in [-0.15, -0.1) is 0 Å². The van der Waals surface area contributed by atoms with E-state index in [0.29, 0.717) is 10.6 Å². The van der Waals surface area contributed by atoms with Gasteiger partial charge in [0.05, 0.1) is 0 Å². The van der Waals surface area contributed by atoms with Gasteiger partial charge in [-0.2, -0.15) is 13.2 Å². The Balaban J connectivity index is 1.87. The maximum atomic E-state index is 13.6. The number of carbonyl (C=O) groups is 1. The van der Waals surface area contributed by atoms with E-state index in [0.717, 1.165) is 25.1 Å². The van der Waals surface area contributed by atoms with E-state index in [1.807, 2.05) is 0 Å². The molecule has 1 fully saturated rings. The number of rotatable bonds is 6. The molecule has 138 valence electrons. The number of hydrogen-bond donors (Lipinski definition) is 1. The number of hydrogen-bond acceptors (Lipinski definition) is 4. The third-order valence-electron chi connectivity index (χ3n) is 4.07. The van der Waals surface area contributed by atoms with Crippen LogP contribution in [0.2, 0.25) is 0 Å². The van der Waals surface area contributed by atoms with Crippen LogP contribution in [-0.2, 0) is 17.6 Å². The number of ether oxygens (including phenoxy) is 1. The van der Waals surface area contributed by atoms with Crippen LogP contribution in [0.3, 0.4) is 0 Å². The lowest BCUT2D eigenvalue weighted by atomic mass is 10.2. The monoisotopic (exact) mass is 365 g/mol. The van der Waals surface area contributed by atoms with Crippen LogP contribution in [0.1, 0.15) is 30.4 Å². The standard InChI is InChI=1S/C18H18F3N3O2/c19-18(20,21)16-14(26-11-13-4-2-1-3-5-13)8-9-23-17(16)24(22)15(25)10-12-6-7-12/h1-5,8-9,12H,6-7,10-11,22H2. The Labute approximate surface area is 148 Å². The molecule has 1 aromatic carbocycles. The van der Waals surface area contributed by atoms with Crippen molar-refractivity contribution in [2.24, 2.45) is 11.8 Å². The van der Waals surface area contributed by atoms with E-state index in [4.69, 9.17) is 10.6 Å². The first kappa shape index (κ1) is 18.2. The van der Waals surface area contributed by atoms with E-state index in [1.54, 1.807) is 30.3 Å². The molecule has 0 radical (unpaired) electrons. The van der Waals surface area contributed by atoms with Gasteiger partial charge in [-0.05, 0) is 30.4 Å². The number of hydrazine groups is 1. The fourth-order valence-electron chi connectivity index (χ4n) is 2.52. The van der Waals surface area contributed by atoms with Gasteiger partial charge >= 0.3 is 6.18 Å². The summed E-state index contributed by atoms with van der Waals surface area (Å²) in [6.45, 7) is -0.0477. The van der Waals surface area contributed by atoms with Gasteiger partial charge in [0.2, 0.25) is 5.91 Å². The predicted molar refractivity (Wildman–Crippen MR) is 89.0 cm³/mol. The Hall–Kier alpha value is -2.61. The Morgan fingerprint density at radius 2 is 1.92 bits per heavy atom. The molecule has 2 aromatic rings. The van der Waals surface area contributed by atoms with E-state index < -0.39 is 29.2 Å². The second kappa shape index (κ2) is 7.33. The van der Waals surface area contributed by atoms with Crippen LogP contribution >= 0.6 is 0 Å². The highest BCUT2D eigenvalue weighted by molar-refractivity contribution is 5.92. The van der Waals surface area contributed by atoms with Crippen LogP contribution in [-0.4, -0.2) is 10.9 Å². The summed E-state index contributed by atoms with van der Waals surface area (Å²) in [7, 11) is 0. The summed E-state index contributed by atoms with van der Waals surface area (Å²) >= 11 is 0. The number of anilines is 1. The van der Waals surface area contributed by atoms with Crippen molar-refractivity contribution in [3.05, 3.63) is 53.7 Å².